The molecule has 0 aromatic rings. The number of sulfonamides is 2. The summed E-state index contributed by atoms with van der Waals surface area (Å²) in [6.07, 6.45) is 5.91. The van der Waals surface area contributed by atoms with Crippen molar-refractivity contribution >= 4 is 20.0 Å². The molecule has 0 aromatic carbocycles. The first-order valence-electron chi connectivity index (χ1n) is 7.29. The van der Waals surface area contributed by atoms with Gasteiger partial charge in [-0.15, -0.1) is 0 Å². The Balaban J connectivity index is 2.19. The minimum atomic E-state index is -3.23. The largest absolute Gasteiger partial charge is 0.215 e. The smallest absolute Gasteiger partial charge is 0.211 e. The SMILES string of the molecule is CCS(=O)(=O)NCCCNS(=O)(=O)CC1CCCCC1. The van der Waals surface area contributed by atoms with E-state index < -0.39 is 20.0 Å². The molecule has 120 valence electrons. The standard InChI is InChI=1S/C12H26N2O4S2/c1-2-19(15,16)13-9-6-10-14-20(17,18)11-12-7-4-3-5-8-12/h12-14H,2-11H2,1H3. The molecule has 0 bridgehead atoms. The predicted octanol–water partition coefficient (Wildman–Crippen LogP) is 0.816. The van der Waals surface area contributed by atoms with Crippen molar-refractivity contribution in [3.63, 3.8) is 0 Å². The number of rotatable bonds is 9. The minimum Gasteiger partial charge on any atom is -0.215 e. The van der Waals surface area contributed by atoms with Gasteiger partial charge in [0, 0.05) is 13.1 Å². The fourth-order valence-corrected chi connectivity index (χ4v) is 4.56. The molecular weight excluding hydrogens is 300 g/mol. The van der Waals surface area contributed by atoms with E-state index in [0.717, 1.165) is 25.7 Å². The third-order valence-electron chi connectivity index (χ3n) is 3.56. The Kier molecular flexibility index (Phi) is 7.42. The molecule has 2 N–H and O–H groups in total. The molecule has 1 fully saturated rings. The molecule has 0 unspecified atom stereocenters. The Bertz CT molecular complexity index is 468. The summed E-state index contributed by atoms with van der Waals surface area (Å²) < 4.78 is 51.0. The van der Waals surface area contributed by atoms with E-state index in [-0.39, 0.29) is 30.5 Å². The topological polar surface area (TPSA) is 92.3 Å². The van der Waals surface area contributed by atoms with Gasteiger partial charge in [0.05, 0.1) is 11.5 Å². The number of nitrogens with one attached hydrogen (secondary N) is 2. The van der Waals surface area contributed by atoms with E-state index in [2.05, 4.69) is 9.44 Å². The predicted molar refractivity (Wildman–Crippen MR) is 80.4 cm³/mol. The second kappa shape index (κ2) is 8.31. The van der Waals surface area contributed by atoms with Crippen LogP contribution >= 0.6 is 0 Å². The highest BCUT2D eigenvalue weighted by atomic mass is 32.2. The van der Waals surface area contributed by atoms with Crippen molar-refractivity contribution in [3.05, 3.63) is 0 Å². The maximum Gasteiger partial charge on any atom is 0.211 e. The maximum absolute atomic E-state index is 11.9. The molecule has 1 aliphatic carbocycles. The van der Waals surface area contributed by atoms with E-state index in [4.69, 9.17) is 0 Å². The zero-order chi connectivity index (χ0) is 15.1. The van der Waals surface area contributed by atoms with E-state index in [0.29, 0.717) is 6.42 Å². The van der Waals surface area contributed by atoms with Crippen LogP contribution in [0.1, 0.15) is 45.4 Å². The molecular formula is C12H26N2O4S2. The quantitative estimate of drug-likeness (QED) is 0.613. The normalized spacial score (nSPS) is 18.2. The number of hydrogen-bond acceptors (Lipinski definition) is 4. The lowest BCUT2D eigenvalue weighted by Crippen LogP contribution is -2.33. The fraction of sp³-hybridized carbons (Fsp3) is 1.00. The number of hydrogen-bond donors (Lipinski definition) is 2. The lowest BCUT2D eigenvalue weighted by atomic mass is 9.91. The van der Waals surface area contributed by atoms with Crippen LogP contribution in [0.3, 0.4) is 0 Å². The van der Waals surface area contributed by atoms with Gasteiger partial charge in [0.1, 0.15) is 0 Å². The van der Waals surface area contributed by atoms with Crippen molar-refractivity contribution in [3.8, 4) is 0 Å². The molecule has 0 aromatic heterocycles. The first kappa shape index (κ1) is 17.9. The Labute approximate surface area is 122 Å². The van der Waals surface area contributed by atoms with E-state index in [1.165, 1.54) is 6.42 Å². The molecule has 0 atom stereocenters. The molecule has 0 radical (unpaired) electrons. The van der Waals surface area contributed by atoms with Crippen LogP contribution in [0.15, 0.2) is 0 Å². The molecule has 6 nitrogen and oxygen atoms in total. The Morgan fingerprint density at radius 2 is 1.45 bits per heavy atom. The summed E-state index contributed by atoms with van der Waals surface area (Å²) in [7, 11) is -6.42. The van der Waals surface area contributed by atoms with Gasteiger partial charge in [0.2, 0.25) is 20.0 Å². The van der Waals surface area contributed by atoms with Crippen molar-refractivity contribution in [2.75, 3.05) is 24.6 Å². The third-order valence-corrected chi connectivity index (χ3v) is 6.52. The van der Waals surface area contributed by atoms with Crippen LogP contribution in [-0.4, -0.2) is 41.4 Å². The van der Waals surface area contributed by atoms with Gasteiger partial charge in [0.15, 0.2) is 0 Å². The zero-order valence-electron chi connectivity index (χ0n) is 12.1. The van der Waals surface area contributed by atoms with Crippen LogP contribution < -0.4 is 9.44 Å². The molecule has 1 rings (SSSR count). The minimum absolute atomic E-state index is 0.0421. The fourth-order valence-electron chi connectivity index (χ4n) is 2.37. The highest BCUT2D eigenvalue weighted by Crippen LogP contribution is 2.24. The molecule has 8 heteroatoms. The molecule has 0 saturated heterocycles. The highest BCUT2D eigenvalue weighted by molar-refractivity contribution is 7.89. The van der Waals surface area contributed by atoms with E-state index in [1.807, 2.05) is 0 Å². The van der Waals surface area contributed by atoms with Crippen LogP contribution in [0.25, 0.3) is 0 Å². The van der Waals surface area contributed by atoms with Crippen molar-refractivity contribution in [2.45, 2.75) is 45.4 Å². The van der Waals surface area contributed by atoms with E-state index in [1.54, 1.807) is 6.92 Å². The van der Waals surface area contributed by atoms with Crippen LogP contribution in [0.2, 0.25) is 0 Å². The lowest BCUT2D eigenvalue weighted by Gasteiger charge is -2.21. The Morgan fingerprint density at radius 3 is 2.00 bits per heavy atom. The summed E-state index contributed by atoms with van der Waals surface area (Å²) in [6.45, 7) is 2.11. The second-order valence-electron chi connectivity index (χ2n) is 5.33. The Morgan fingerprint density at radius 1 is 0.900 bits per heavy atom. The third kappa shape index (κ3) is 7.56. The molecule has 0 spiro atoms. The van der Waals surface area contributed by atoms with Crippen molar-refractivity contribution in [1.82, 2.24) is 9.44 Å². The molecule has 0 heterocycles. The van der Waals surface area contributed by atoms with Crippen LogP contribution in [0.5, 0.6) is 0 Å². The summed E-state index contributed by atoms with van der Waals surface area (Å²) >= 11 is 0. The van der Waals surface area contributed by atoms with Gasteiger partial charge in [-0.2, -0.15) is 0 Å². The van der Waals surface area contributed by atoms with Crippen molar-refractivity contribution < 1.29 is 16.8 Å². The van der Waals surface area contributed by atoms with Gasteiger partial charge >= 0.3 is 0 Å². The Hall–Kier alpha value is -0.180. The van der Waals surface area contributed by atoms with Gasteiger partial charge in [-0.05, 0) is 32.1 Å². The van der Waals surface area contributed by atoms with Gasteiger partial charge in [0.25, 0.3) is 0 Å². The average molecular weight is 326 g/mol. The van der Waals surface area contributed by atoms with Crippen molar-refractivity contribution in [2.24, 2.45) is 5.92 Å². The van der Waals surface area contributed by atoms with Crippen LogP contribution in [0.4, 0.5) is 0 Å². The lowest BCUT2D eigenvalue weighted by molar-refractivity contribution is 0.384. The van der Waals surface area contributed by atoms with Gasteiger partial charge in [-0.3, -0.25) is 0 Å². The summed E-state index contributed by atoms with van der Waals surface area (Å²) in [4.78, 5) is 0. The monoisotopic (exact) mass is 326 g/mol. The summed E-state index contributed by atoms with van der Waals surface area (Å²) in [5, 5.41) is 0. The highest BCUT2D eigenvalue weighted by Gasteiger charge is 2.20. The zero-order valence-corrected chi connectivity index (χ0v) is 13.7. The molecule has 1 aliphatic rings. The summed E-state index contributed by atoms with van der Waals surface area (Å²) in [6, 6.07) is 0. The molecule has 20 heavy (non-hydrogen) atoms. The average Bonchev–Trinajstić information content (AvgIpc) is 2.38. The first-order chi connectivity index (χ1) is 9.35. The van der Waals surface area contributed by atoms with Crippen LogP contribution in [-0.2, 0) is 20.0 Å². The van der Waals surface area contributed by atoms with Crippen molar-refractivity contribution in [1.29, 1.82) is 0 Å². The summed E-state index contributed by atoms with van der Waals surface area (Å²) in [5.74, 6) is 0.522. The second-order valence-corrected chi connectivity index (χ2v) is 9.28. The molecule has 0 amide bonds. The molecule has 0 aliphatic heterocycles. The van der Waals surface area contributed by atoms with Gasteiger partial charge in [-0.1, -0.05) is 19.3 Å². The summed E-state index contributed by atoms with van der Waals surface area (Å²) in [5.41, 5.74) is 0. The van der Waals surface area contributed by atoms with E-state index in [9.17, 15) is 16.8 Å². The first-order valence-corrected chi connectivity index (χ1v) is 10.6. The maximum atomic E-state index is 11.9. The van der Waals surface area contributed by atoms with E-state index >= 15 is 0 Å². The van der Waals surface area contributed by atoms with Gasteiger partial charge < -0.3 is 0 Å². The van der Waals surface area contributed by atoms with Gasteiger partial charge in [-0.25, -0.2) is 26.3 Å². The molecule has 1 saturated carbocycles. The van der Waals surface area contributed by atoms with Crippen LogP contribution in [0, 0.1) is 5.92 Å².